The lowest BCUT2D eigenvalue weighted by molar-refractivity contribution is -0.119. The van der Waals surface area contributed by atoms with Crippen molar-refractivity contribution in [1.82, 2.24) is 0 Å². The number of fused-ring (bicyclic) bond motifs is 1. The Hall–Kier alpha value is -4.59. The van der Waals surface area contributed by atoms with Gasteiger partial charge >= 0.3 is 11.6 Å². The molecule has 4 aromatic rings. The molecule has 4 rings (SSSR count). The molecule has 158 valence electrons. The Morgan fingerprint density at radius 1 is 0.844 bits per heavy atom. The Morgan fingerprint density at radius 2 is 1.50 bits per heavy atom. The largest absolute Gasteiger partial charge is 0.452 e. The van der Waals surface area contributed by atoms with E-state index in [4.69, 9.17) is 9.15 Å². The van der Waals surface area contributed by atoms with Gasteiger partial charge in [0.05, 0.1) is 11.4 Å². The van der Waals surface area contributed by atoms with Crippen LogP contribution in [0.3, 0.4) is 0 Å². The molecule has 0 fully saturated rings. The number of nitrogens with one attached hydrogen (secondary N) is 1. The highest BCUT2D eigenvalue weighted by Crippen LogP contribution is 2.20. The van der Waals surface area contributed by atoms with Crippen LogP contribution in [0.2, 0.25) is 0 Å². The number of azo groups is 1. The number of hydrogen-bond donors (Lipinski definition) is 1. The van der Waals surface area contributed by atoms with E-state index >= 15 is 0 Å². The predicted octanol–water partition coefficient (Wildman–Crippen LogP) is 5.00. The molecule has 0 spiro atoms. The summed E-state index contributed by atoms with van der Waals surface area (Å²) in [5.74, 6) is -1.49. The lowest BCUT2D eigenvalue weighted by Crippen LogP contribution is -2.23. The van der Waals surface area contributed by atoms with Crippen molar-refractivity contribution in [3.8, 4) is 0 Å². The number of carbonyl (C=O) groups is 2. The fourth-order valence-electron chi connectivity index (χ4n) is 2.83. The summed E-state index contributed by atoms with van der Waals surface area (Å²) in [5, 5.41) is 11.4. The second-order valence-corrected chi connectivity index (χ2v) is 6.69. The van der Waals surface area contributed by atoms with Crippen LogP contribution in [0.15, 0.2) is 104 Å². The molecule has 0 radical (unpaired) electrons. The fourth-order valence-corrected chi connectivity index (χ4v) is 2.83. The molecule has 0 bridgehead atoms. The van der Waals surface area contributed by atoms with Crippen LogP contribution in [0.1, 0.15) is 10.4 Å². The zero-order chi connectivity index (χ0) is 22.3. The first-order valence-electron chi connectivity index (χ1n) is 9.65. The first kappa shape index (κ1) is 20.7. The number of amides is 1. The third-order valence-corrected chi connectivity index (χ3v) is 4.38. The molecule has 0 saturated heterocycles. The minimum Gasteiger partial charge on any atom is -0.452 e. The SMILES string of the molecule is O=C(COC(=O)c1cc2ccccc2oc1=O)Nc1ccc(N=Nc2ccccc2)cc1. The smallest absolute Gasteiger partial charge is 0.351 e. The van der Waals surface area contributed by atoms with Crippen molar-refractivity contribution in [3.05, 3.63) is 101 Å². The molecule has 8 heteroatoms. The number of anilines is 1. The van der Waals surface area contributed by atoms with Gasteiger partial charge in [0.25, 0.3) is 5.91 Å². The van der Waals surface area contributed by atoms with Gasteiger partial charge < -0.3 is 14.5 Å². The molecule has 1 amide bonds. The summed E-state index contributed by atoms with van der Waals surface area (Å²) in [5.41, 5.74) is 1.10. The number of rotatable bonds is 6. The van der Waals surface area contributed by atoms with Crippen molar-refractivity contribution < 1.29 is 18.7 Å². The van der Waals surface area contributed by atoms with Gasteiger partial charge in [-0.05, 0) is 48.5 Å². The maximum Gasteiger partial charge on any atom is 0.351 e. The molecule has 0 aliphatic carbocycles. The van der Waals surface area contributed by atoms with Crippen molar-refractivity contribution in [2.45, 2.75) is 0 Å². The molecule has 0 atom stereocenters. The topological polar surface area (TPSA) is 110 Å². The van der Waals surface area contributed by atoms with Crippen LogP contribution < -0.4 is 10.9 Å². The van der Waals surface area contributed by atoms with E-state index in [9.17, 15) is 14.4 Å². The van der Waals surface area contributed by atoms with E-state index < -0.39 is 24.1 Å². The summed E-state index contributed by atoms with van der Waals surface area (Å²) in [6.45, 7) is -0.555. The van der Waals surface area contributed by atoms with Crippen molar-refractivity contribution in [3.63, 3.8) is 0 Å². The quantitative estimate of drug-likeness (QED) is 0.264. The first-order valence-corrected chi connectivity index (χ1v) is 9.65. The lowest BCUT2D eigenvalue weighted by atomic mass is 10.2. The highest BCUT2D eigenvalue weighted by Gasteiger charge is 2.16. The molecule has 0 saturated carbocycles. The Kier molecular flexibility index (Phi) is 6.12. The van der Waals surface area contributed by atoms with Gasteiger partial charge in [-0.2, -0.15) is 10.2 Å². The van der Waals surface area contributed by atoms with Crippen molar-refractivity contribution >= 4 is 39.9 Å². The van der Waals surface area contributed by atoms with Gasteiger partial charge in [-0.1, -0.05) is 36.4 Å². The van der Waals surface area contributed by atoms with E-state index in [1.165, 1.54) is 6.07 Å². The van der Waals surface area contributed by atoms with Gasteiger partial charge in [-0.15, -0.1) is 0 Å². The number of benzene rings is 3. The molecule has 1 N–H and O–H groups in total. The van der Waals surface area contributed by atoms with E-state index in [0.29, 0.717) is 22.3 Å². The normalized spacial score (nSPS) is 10.9. The molecule has 0 unspecified atom stereocenters. The number of esters is 1. The van der Waals surface area contributed by atoms with Gasteiger partial charge in [-0.25, -0.2) is 9.59 Å². The van der Waals surface area contributed by atoms with E-state index in [1.807, 2.05) is 30.3 Å². The average Bonchev–Trinajstić information content (AvgIpc) is 2.82. The van der Waals surface area contributed by atoms with Gasteiger partial charge in [0.15, 0.2) is 6.61 Å². The Bertz CT molecular complexity index is 1350. The maximum absolute atomic E-state index is 12.2. The maximum atomic E-state index is 12.2. The summed E-state index contributed by atoms with van der Waals surface area (Å²) in [6.07, 6.45) is 0. The molecular formula is C24H17N3O5. The number of hydrogen-bond acceptors (Lipinski definition) is 7. The van der Waals surface area contributed by atoms with Crippen LogP contribution in [0, 0.1) is 0 Å². The molecular weight excluding hydrogens is 410 g/mol. The molecule has 1 aromatic heterocycles. The number of para-hydroxylation sites is 1. The van der Waals surface area contributed by atoms with Crippen molar-refractivity contribution in [2.75, 3.05) is 11.9 Å². The zero-order valence-electron chi connectivity index (χ0n) is 16.7. The summed E-state index contributed by atoms with van der Waals surface area (Å²) in [6, 6.07) is 24.1. The van der Waals surface area contributed by atoms with Crippen LogP contribution in [0.4, 0.5) is 17.1 Å². The van der Waals surface area contributed by atoms with Crippen molar-refractivity contribution in [2.24, 2.45) is 10.2 Å². The second-order valence-electron chi connectivity index (χ2n) is 6.69. The monoisotopic (exact) mass is 427 g/mol. The van der Waals surface area contributed by atoms with E-state index in [1.54, 1.807) is 48.5 Å². The zero-order valence-corrected chi connectivity index (χ0v) is 16.7. The third-order valence-electron chi connectivity index (χ3n) is 4.38. The van der Waals surface area contributed by atoms with Crippen LogP contribution in [0.25, 0.3) is 11.0 Å². The van der Waals surface area contributed by atoms with Gasteiger partial charge in [0.2, 0.25) is 0 Å². The van der Waals surface area contributed by atoms with Crippen LogP contribution in [-0.2, 0) is 9.53 Å². The minimum absolute atomic E-state index is 0.273. The summed E-state index contributed by atoms with van der Waals surface area (Å²) >= 11 is 0. The van der Waals surface area contributed by atoms with Gasteiger partial charge in [-0.3, -0.25) is 4.79 Å². The number of ether oxygens (including phenoxy) is 1. The van der Waals surface area contributed by atoms with Crippen molar-refractivity contribution in [1.29, 1.82) is 0 Å². The van der Waals surface area contributed by atoms with E-state index in [2.05, 4.69) is 15.5 Å². The minimum atomic E-state index is -0.934. The number of carbonyl (C=O) groups excluding carboxylic acids is 2. The Morgan fingerprint density at radius 3 is 2.25 bits per heavy atom. The molecule has 8 nitrogen and oxygen atoms in total. The number of nitrogens with zero attached hydrogens (tertiary/aromatic N) is 2. The van der Waals surface area contributed by atoms with Crippen LogP contribution in [-0.4, -0.2) is 18.5 Å². The van der Waals surface area contributed by atoms with E-state index in [0.717, 1.165) is 5.69 Å². The molecule has 3 aromatic carbocycles. The van der Waals surface area contributed by atoms with E-state index in [-0.39, 0.29) is 5.56 Å². The summed E-state index contributed by atoms with van der Waals surface area (Å²) in [4.78, 5) is 36.3. The molecule has 32 heavy (non-hydrogen) atoms. The predicted molar refractivity (Wildman–Crippen MR) is 118 cm³/mol. The fraction of sp³-hybridized carbons (Fsp3) is 0.0417. The molecule has 0 aliphatic rings. The Balaban J connectivity index is 1.33. The van der Waals surface area contributed by atoms with Gasteiger partial charge in [0, 0.05) is 11.1 Å². The molecule has 1 heterocycles. The summed E-state index contributed by atoms with van der Waals surface area (Å²) < 4.78 is 10.1. The highest BCUT2D eigenvalue weighted by atomic mass is 16.5. The molecule has 0 aliphatic heterocycles. The third kappa shape index (κ3) is 5.11. The lowest BCUT2D eigenvalue weighted by Gasteiger charge is -2.07. The second kappa shape index (κ2) is 9.48. The first-order chi connectivity index (χ1) is 15.6. The highest BCUT2D eigenvalue weighted by molar-refractivity contribution is 5.96. The van der Waals surface area contributed by atoms with Gasteiger partial charge in [0.1, 0.15) is 11.1 Å². The summed E-state index contributed by atoms with van der Waals surface area (Å²) in [7, 11) is 0. The standard InChI is InChI=1S/C24H17N3O5/c28-22(15-31-23(29)20-14-16-6-4-5-9-21(16)32-24(20)30)25-17-10-12-19(13-11-17)27-26-18-7-2-1-3-8-18/h1-14H,15H2,(H,25,28). The van der Waals surface area contributed by atoms with Crippen LogP contribution >= 0.6 is 0 Å². The Labute approximate surface area is 182 Å². The average molecular weight is 427 g/mol. The van der Waals surface area contributed by atoms with Crippen LogP contribution in [0.5, 0.6) is 0 Å².